The Bertz CT molecular complexity index is 877. The number of hydrogen-bond acceptors (Lipinski definition) is 1. The standard InChI is InChI=1S/C29H36F2O/c1-3-5-21-32-27-20-19-26(28(30)29(27)31)10-7-6-9-23-13-17-25(18-14-23)24-15-11-22(8-4-2)12-16-24/h3,6,9,11-12,15-16,19-20,23,25H,1,4-5,7-8,10,13-14,17-18,21H2,2H3. The maximum absolute atomic E-state index is 14.3. The zero-order valence-corrected chi connectivity index (χ0v) is 19.3. The van der Waals surface area contributed by atoms with Crippen LogP contribution in [0.5, 0.6) is 5.75 Å². The molecule has 2 aromatic rings. The van der Waals surface area contributed by atoms with Crippen LogP contribution in [0.25, 0.3) is 0 Å². The van der Waals surface area contributed by atoms with Crippen LogP contribution < -0.4 is 4.74 Å². The molecule has 0 N–H and O–H groups in total. The molecule has 1 fully saturated rings. The summed E-state index contributed by atoms with van der Waals surface area (Å²) in [6.07, 6.45) is 15.1. The summed E-state index contributed by atoms with van der Waals surface area (Å²) in [5, 5.41) is 0. The molecule has 3 rings (SSSR count). The van der Waals surface area contributed by atoms with Gasteiger partial charge in [0.2, 0.25) is 5.82 Å². The van der Waals surface area contributed by atoms with Gasteiger partial charge in [0, 0.05) is 0 Å². The third-order valence-corrected chi connectivity index (χ3v) is 6.46. The van der Waals surface area contributed by atoms with Crippen LogP contribution in [-0.2, 0) is 12.8 Å². The molecule has 0 spiro atoms. The summed E-state index contributed by atoms with van der Waals surface area (Å²) in [6, 6.07) is 12.4. The second-order valence-electron chi connectivity index (χ2n) is 8.85. The summed E-state index contributed by atoms with van der Waals surface area (Å²) in [6.45, 7) is 6.11. The van der Waals surface area contributed by atoms with Crippen molar-refractivity contribution in [1.29, 1.82) is 0 Å². The lowest BCUT2D eigenvalue weighted by atomic mass is 9.78. The van der Waals surface area contributed by atoms with E-state index in [1.54, 1.807) is 12.1 Å². The maximum Gasteiger partial charge on any atom is 0.200 e. The van der Waals surface area contributed by atoms with E-state index < -0.39 is 11.6 Å². The average Bonchev–Trinajstić information content (AvgIpc) is 2.82. The summed E-state index contributed by atoms with van der Waals surface area (Å²) < 4.78 is 33.8. The molecule has 32 heavy (non-hydrogen) atoms. The Morgan fingerprint density at radius 3 is 2.38 bits per heavy atom. The zero-order valence-electron chi connectivity index (χ0n) is 19.3. The normalized spacial score (nSPS) is 18.7. The highest BCUT2D eigenvalue weighted by Crippen LogP contribution is 2.36. The van der Waals surface area contributed by atoms with E-state index in [1.165, 1.54) is 49.3 Å². The van der Waals surface area contributed by atoms with Gasteiger partial charge in [-0.2, -0.15) is 4.39 Å². The van der Waals surface area contributed by atoms with Crippen LogP contribution in [-0.4, -0.2) is 6.61 Å². The first-order chi connectivity index (χ1) is 15.6. The highest BCUT2D eigenvalue weighted by atomic mass is 19.2. The van der Waals surface area contributed by atoms with E-state index in [2.05, 4.69) is 49.9 Å². The largest absolute Gasteiger partial charge is 0.490 e. The molecule has 172 valence electrons. The van der Waals surface area contributed by atoms with Gasteiger partial charge in [-0.3, -0.25) is 0 Å². The van der Waals surface area contributed by atoms with Crippen molar-refractivity contribution in [3.8, 4) is 5.75 Å². The SMILES string of the molecule is C=CCCOc1ccc(CCC=CC2CCC(c3ccc(CCC)cc3)CC2)c(F)c1F. The van der Waals surface area contributed by atoms with Crippen molar-refractivity contribution in [2.45, 2.75) is 70.6 Å². The summed E-state index contributed by atoms with van der Waals surface area (Å²) >= 11 is 0. The highest BCUT2D eigenvalue weighted by molar-refractivity contribution is 5.31. The van der Waals surface area contributed by atoms with E-state index in [1.807, 2.05) is 0 Å². The Morgan fingerprint density at radius 1 is 0.938 bits per heavy atom. The summed E-state index contributed by atoms with van der Waals surface area (Å²) in [4.78, 5) is 0. The topological polar surface area (TPSA) is 9.23 Å². The molecule has 0 heterocycles. The molecule has 1 aliphatic carbocycles. The molecule has 0 atom stereocenters. The van der Waals surface area contributed by atoms with Gasteiger partial charge in [-0.15, -0.1) is 6.58 Å². The molecule has 0 saturated heterocycles. The molecule has 0 bridgehead atoms. The first-order valence-electron chi connectivity index (χ1n) is 12.1. The van der Waals surface area contributed by atoms with Crippen molar-refractivity contribution in [2.75, 3.05) is 6.61 Å². The number of allylic oxidation sites excluding steroid dienone is 2. The van der Waals surface area contributed by atoms with E-state index in [9.17, 15) is 8.78 Å². The minimum absolute atomic E-state index is 0.0274. The van der Waals surface area contributed by atoms with E-state index in [0.29, 0.717) is 43.3 Å². The van der Waals surface area contributed by atoms with Crippen LogP contribution in [0.4, 0.5) is 8.78 Å². The molecule has 0 aromatic heterocycles. The first-order valence-corrected chi connectivity index (χ1v) is 12.1. The molecule has 2 aromatic carbocycles. The Morgan fingerprint density at radius 2 is 1.69 bits per heavy atom. The lowest BCUT2D eigenvalue weighted by Gasteiger charge is -2.27. The van der Waals surface area contributed by atoms with Gasteiger partial charge in [0.1, 0.15) is 0 Å². The Hall–Kier alpha value is -2.42. The molecule has 1 nitrogen and oxygen atoms in total. The van der Waals surface area contributed by atoms with Crippen LogP contribution in [0.3, 0.4) is 0 Å². The number of hydrogen-bond donors (Lipinski definition) is 0. The molecule has 0 unspecified atom stereocenters. The quantitative estimate of drug-likeness (QED) is 0.253. The fraction of sp³-hybridized carbons (Fsp3) is 0.448. The molecular formula is C29H36F2O. The fourth-order valence-electron chi connectivity index (χ4n) is 4.55. The number of ether oxygens (including phenoxy) is 1. The van der Waals surface area contributed by atoms with E-state index in [-0.39, 0.29) is 5.75 Å². The number of aryl methyl sites for hydroxylation is 2. The molecule has 0 amide bonds. The average molecular weight is 439 g/mol. The van der Waals surface area contributed by atoms with Crippen LogP contribution in [0.1, 0.15) is 74.5 Å². The third kappa shape index (κ3) is 6.79. The molecule has 1 saturated carbocycles. The monoisotopic (exact) mass is 438 g/mol. The van der Waals surface area contributed by atoms with Crippen molar-refractivity contribution < 1.29 is 13.5 Å². The molecule has 1 aliphatic rings. The van der Waals surface area contributed by atoms with Crippen LogP contribution in [0, 0.1) is 17.6 Å². The van der Waals surface area contributed by atoms with E-state index in [0.717, 1.165) is 6.42 Å². The van der Waals surface area contributed by atoms with Crippen LogP contribution >= 0.6 is 0 Å². The van der Waals surface area contributed by atoms with Crippen molar-refractivity contribution in [3.05, 3.63) is 89.5 Å². The van der Waals surface area contributed by atoms with Crippen LogP contribution in [0.2, 0.25) is 0 Å². The molecule has 3 heteroatoms. The fourth-order valence-corrected chi connectivity index (χ4v) is 4.55. The molecule has 0 aliphatic heterocycles. The van der Waals surface area contributed by atoms with Gasteiger partial charge in [-0.1, -0.05) is 61.9 Å². The summed E-state index contributed by atoms with van der Waals surface area (Å²) in [5.74, 6) is -0.454. The summed E-state index contributed by atoms with van der Waals surface area (Å²) in [7, 11) is 0. The summed E-state index contributed by atoms with van der Waals surface area (Å²) in [5.41, 5.74) is 3.30. The minimum Gasteiger partial charge on any atom is -0.490 e. The minimum atomic E-state index is -0.892. The van der Waals surface area contributed by atoms with Gasteiger partial charge >= 0.3 is 0 Å². The number of halogens is 2. The zero-order chi connectivity index (χ0) is 22.8. The van der Waals surface area contributed by atoms with Gasteiger partial charge in [0.25, 0.3) is 0 Å². The Kier molecular flexibility index (Phi) is 9.52. The second-order valence-corrected chi connectivity index (χ2v) is 8.85. The Balaban J connectivity index is 1.43. The first kappa shape index (κ1) is 24.2. The predicted molar refractivity (Wildman–Crippen MR) is 129 cm³/mol. The van der Waals surface area contributed by atoms with Crippen molar-refractivity contribution in [3.63, 3.8) is 0 Å². The van der Waals surface area contributed by atoms with Crippen LogP contribution in [0.15, 0.2) is 61.2 Å². The third-order valence-electron chi connectivity index (χ3n) is 6.46. The lowest BCUT2D eigenvalue weighted by Crippen LogP contribution is -2.11. The molecule has 0 radical (unpaired) electrons. The van der Waals surface area contributed by atoms with Gasteiger partial charge in [-0.05, 0) is 86.0 Å². The predicted octanol–water partition coefficient (Wildman–Crippen LogP) is 8.34. The smallest absolute Gasteiger partial charge is 0.200 e. The number of benzene rings is 2. The Labute approximate surface area is 192 Å². The number of rotatable bonds is 11. The van der Waals surface area contributed by atoms with Gasteiger partial charge in [0.15, 0.2) is 11.6 Å². The molecular weight excluding hydrogens is 402 g/mol. The van der Waals surface area contributed by atoms with Gasteiger partial charge < -0.3 is 4.74 Å². The van der Waals surface area contributed by atoms with Crippen molar-refractivity contribution in [1.82, 2.24) is 0 Å². The second kappa shape index (κ2) is 12.6. The van der Waals surface area contributed by atoms with Gasteiger partial charge in [0.05, 0.1) is 6.61 Å². The van der Waals surface area contributed by atoms with Crippen molar-refractivity contribution >= 4 is 0 Å². The highest BCUT2D eigenvalue weighted by Gasteiger charge is 2.21. The lowest BCUT2D eigenvalue weighted by molar-refractivity contribution is 0.301. The van der Waals surface area contributed by atoms with E-state index in [4.69, 9.17) is 4.74 Å². The van der Waals surface area contributed by atoms with E-state index >= 15 is 0 Å². The van der Waals surface area contributed by atoms with Crippen molar-refractivity contribution in [2.24, 2.45) is 5.92 Å². The maximum atomic E-state index is 14.3. The van der Waals surface area contributed by atoms with Gasteiger partial charge in [-0.25, -0.2) is 4.39 Å².